The molecule has 4 heterocycles. The molecule has 0 radical (unpaired) electrons. The Bertz CT molecular complexity index is 1420. The summed E-state index contributed by atoms with van der Waals surface area (Å²) < 4.78 is 29.9. The van der Waals surface area contributed by atoms with E-state index in [1.807, 2.05) is 0 Å². The van der Waals surface area contributed by atoms with Gasteiger partial charge in [-0.05, 0) is 24.3 Å². The summed E-state index contributed by atoms with van der Waals surface area (Å²) in [5.74, 6) is 0. The van der Waals surface area contributed by atoms with E-state index in [2.05, 4.69) is 15.0 Å². The zero-order valence-corrected chi connectivity index (χ0v) is 14.7. The van der Waals surface area contributed by atoms with Crippen molar-refractivity contribution in [3.05, 3.63) is 66.3 Å². The number of rotatable bonds is 2. The Labute approximate surface area is 152 Å². The number of aromatic nitrogens is 5. The van der Waals surface area contributed by atoms with Crippen molar-refractivity contribution in [1.29, 1.82) is 0 Å². The Morgan fingerprint density at radius 2 is 1.88 bits per heavy atom. The number of imidazole rings is 1. The average Bonchev–Trinajstić information content (AvgIpc) is 3.16. The second kappa shape index (κ2) is 5.26. The van der Waals surface area contributed by atoms with Crippen molar-refractivity contribution in [2.24, 2.45) is 0 Å². The van der Waals surface area contributed by atoms with Crippen LogP contribution in [0.2, 0.25) is 5.02 Å². The van der Waals surface area contributed by atoms with E-state index in [4.69, 9.17) is 11.6 Å². The minimum Gasteiger partial charge on any atom is -0.282 e. The summed E-state index contributed by atoms with van der Waals surface area (Å²) in [7, 11) is -3.91. The Balaban J connectivity index is 2.00. The van der Waals surface area contributed by atoms with E-state index in [9.17, 15) is 8.42 Å². The summed E-state index contributed by atoms with van der Waals surface area (Å²) in [6, 6.07) is 7.85. The van der Waals surface area contributed by atoms with Gasteiger partial charge < -0.3 is 0 Å². The van der Waals surface area contributed by atoms with E-state index >= 15 is 0 Å². The molecule has 0 amide bonds. The highest BCUT2D eigenvalue weighted by molar-refractivity contribution is 7.90. The van der Waals surface area contributed by atoms with Crippen LogP contribution < -0.4 is 0 Å². The SMILES string of the molecule is O=S(=O)(c1cccc(Cl)c1)n1c2ccncc2c2nc3cnccn3c21. The highest BCUT2D eigenvalue weighted by atomic mass is 35.5. The lowest BCUT2D eigenvalue weighted by Gasteiger charge is -2.09. The lowest BCUT2D eigenvalue weighted by atomic mass is 10.3. The number of halogens is 1. The van der Waals surface area contributed by atoms with E-state index < -0.39 is 10.0 Å². The first-order valence-corrected chi connectivity index (χ1v) is 9.46. The molecule has 5 rings (SSSR count). The van der Waals surface area contributed by atoms with Crippen molar-refractivity contribution in [3.63, 3.8) is 0 Å². The third kappa shape index (κ3) is 2.00. The van der Waals surface area contributed by atoms with Crippen molar-refractivity contribution in [2.75, 3.05) is 0 Å². The van der Waals surface area contributed by atoms with Gasteiger partial charge in [-0.15, -0.1) is 0 Å². The van der Waals surface area contributed by atoms with Crippen molar-refractivity contribution >= 4 is 49.3 Å². The first kappa shape index (κ1) is 15.3. The number of fused-ring (bicyclic) bond motifs is 5. The molecule has 0 aliphatic heterocycles. The maximum atomic E-state index is 13.4. The molecule has 7 nitrogen and oxygen atoms in total. The van der Waals surface area contributed by atoms with Crippen molar-refractivity contribution in [1.82, 2.24) is 23.3 Å². The molecule has 0 saturated carbocycles. The molecule has 0 spiro atoms. The standard InChI is InChI=1S/C17H10ClN5O2S/c18-11-2-1-3-12(8-11)26(24,25)23-14-4-5-19-9-13(14)16-17(23)22-7-6-20-10-15(22)21-16/h1-10H. The molecule has 0 fully saturated rings. The zero-order chi connectivity index (χ0) is 17.9. The summed E-state index contributed by atoms with van der Waals surface area (Å²) in [6.07, 6.45) is 8.01. The van der Waals surface area contributed by atoms with E-state index in [1.165, 1.54) is 16.1 Å². The van der Waals surface area contributed by atoms with Crippen LogP contribution in [0.25, 0.3) is 27.7 Å². The third-order valence-electron chi connectivity index (χ3n) is 4.20. The van der Waals surface area contributed by atoms with Crippen molar-refractivity contribution in [2.45, 2.75) is 4.90 Å². The van der Waals surface area contributed by atoms with Gasteiger partial charge >= 0.3 is 0 Å². The largest absolute Gasteiger partial charge is 0.282 e. The predicted octanol–water partition coefficient (Wildman–Crippen LogP) is 3.12. The topological polar surface area (TPSA) is 82.1 Å². The lowest BCUT2D eigenvalue weighted by Crippen LogP contribution is -2.14. The highest BCUT2D eigenvalue weighted by Gasteiger charge is 2.26. The van der Waals surface area contributed by atoms with Crippen molar-refractivity contribution in [3.8, 4) is 0 Å². The van der Waals surface area contributed by atoms with E-state index in [-0.39, 0.29) is 4.90 Å². The maximum absolute atomic E-state index is 13.4. The fraction of sp³-hybridized carbons (Fsp3) is 0. The van der Waals surface area contributed by atoms with E-state index in [0.29, 0.717) is 32.7 Å². The van der Waals surface area contributed by atoms with Crippen LogP contribution in [-0.2, 0) is 10.0 Å². The van der Waals surface area contributed by atoms with Crippen LogP contribution in [0.15, 0.2) is 66.2 Å². The van der Waals surface area contributed by atoms with Gasteiger partial charge in [0.15, 0.2) is 11.3 Å². The molecule has 0 N–H and O–H groups in total. The molecule has 4 aromatic heterocycles. The molecule has 0 aliphatic carbocycles. The Hall–Kier alpha value is -2.97. The minimum absolute atomic E-state index is 0.101. The molecule has 0 bridgehead atoms. The molecule has 1 aromatic carbocycles. The van der Waals surface area contributed by atoms with Crippen LogP contribution in [0.1, 0.15) is 0 Å². The smallest absolute Gasteiger partial charge is 0.269 e. The Morgan fingerprint density at radius 1 is 1.04 bits per heavy atom. The number of pyridine rings is 1. The summed E-state index contributed by atoms with van der Waals surface area (Å²) >= 11 is 6.01. The second-order valence-electron chi connectivity index (χ2n) is 5.71. The Kier molecular flexibility index (Phi) is 3.10. The van der Waals surface area contributed by atoms with Crippen LogP contribution in [0, 0.1) is 0 Å². The Morgan fingerprint density at radius 3 is 2.73 bits per heavy atom. The van der Waals surface area contributed by atoms with Crippen LogP contribution in [0.3, 0.4) is 0 Å². The van der Waals surface area contributed by atoms with Gasteiger partial charge in [-0.25, -0.2) is 17.4 Å². The normalized spacial score (nSPS) is 12.3. The third-order valence-corrected chi connectivity index (χ3v) is 6.14. The summed E-state index contributed by atoms with van der Waals surface area (Å²) in [4.78, 5) is 12.8. The van der Waals surface area contributed by atoms with Gasteiger partial charge in [0.2, 0.25) is 0 Å². The second-order valence-corrected chi connectivity index (χ2v) is 7.93. The number of nitrogens with zero attached hydrogens (tertiary/aromatic N) is 5. The fourth-order valence-corrected chi connectivity index (χ4v) is 4.92. The monoisotopic (exact) mass is 383 g/mol. The molecule has 0 unspecified atom stereocenters. The number of hydrogen-bond acceptors (Lipinski definition) is 5. The molecular formula is C17H10ClN5O2S. The molecule has 128 valence electrons. The fourth-order valence-electron chi connectivity index (χ4n) is 3.11. The van der Waals surface area contributed by atoms with Gasteiger partial charge in [0.1, 0.15) is 5.52 Å². The van der Waals surface area contributed by atoms with Crippen molar-refractivity contribution < 1.29 is 8.42 Å². The summed E-state index contributed by atoms with van der Waals surface area (Å²) in [6.45, 7) is 0. The van der Waals surface area contributed by atoms with Gasteiger partial charge in [-0.2, -0.15) is 0 Å². The molecular weight excluding hydrogens is 374 g/mol. The molecule has 0 aliphatic rings. The van der Waals surface area contributed by atoms with Crippen LogP contribution in [0.5, 0.6) is 0 Å². The van der Waals surface area contributed by atoms with Crippen LogP contribution in [-0.4, -0.2) is 31.7 Å². The van der Waals surface area contributed by atoms with Gasteiger partial charge in [0, 0.05) is 35.2 Å². The summed E-state index contributed by atoms with van der Waals surface area (Å²) in [5.41, 5.74) is 2.04. The molecule has 9 heteroatoms. The first-order chi connectivity index (χ1) is 12.6. The van der Waals surface area contributed by atoms with Crippen LogP contribution in [0.4, 0.5) is 0 Å². The molecule has 5 aromatic rings. The summed E-state index contributed by atoms with van der Waals surface area (Å²) in [5, 5.41) is 1.000. The van der Waals surface area contributed by atoms with Gasteiger partial charge in [-0.1, -0.05) is 17.7 Å². The lowest BCUT2D eigenvalue weighted by molar-refractivity contribution is 0.590. The quantitative estimate of drug-likeness (QED) is 0.467. The van der Waals surface area contributed by atoms with Gasteiger partial charge in [-0.3, -0.25) is 14.4 Å². The predicted molar refractivity (Wildman–Crippen MR) is 97.8 cm³/mol. The maximum Gasteiger partial charge on any atom is 0.269 e. The molecule has 26 heavy (non-hydrogen) atoms. The average molecular weight is 384 g/mol. The number of benzene rings is 1. The van der Waals surface area contributed by atoms with E-state index in [0.717, 1.165) is 0 Å². The first-order valence-electron chi connectivity index (χ1n) is 7.65. The molecule has 0 saturated heterocycles. The number of hydrogen-bond donors (Lipinski definition) is 0. The minimum atomic E-state index is -3.91. The molecule has 0 atom stereocenters. The van der Waals surface area contributed by atoms with Gasteiger partial charge in [0.25, 0.3) is 10.0 Å². The van der Waals surface area contributed by atoms with Gasteiger partial charge in [0.05, 0.1) is 16.6 Å². The van der Waals surface area contributed by atoms with E-state index in [1.54, 1.807) is 53.6 Å². The highest BCUT2D eigenvalue weighted by Crippen LogP contribution is 2.32. The zero-order valence-electron chi connectivity index (χ0n) is 13.1. The van der Waals surface area contributed by atoms with Crippen LogP contribution >= 0.6 is 11.6 Å².